The molecule has 1 amide bonds. The summed E-state index contributed by atoms with van der Waals surface area (Å²) >= 11 is 0. The highest BCUT2D eigenvalue weighted by atomic mass is 19.4. The third-order valence-electron chi connectivity index (χ3n) is 6.52. The van der Waals surface area contributed by atoms with Gasteiger partial charge in [0.15, 0.2) is 5.82 Å². The molecule has 2 aliphatic rings. The summed E-state index contributed by atoms with van der Waals surface area (Å²) in [6, 6.07) is 5.41. The number of hydrogen-bond donors (Lipinski definition) is 0. The van der Waals surface area contributed by atoms with E-state index in [0.29, 0.717) is 41.6 Å². The van der Waals surface area contributed by atoms with Crippen LogP contribution < -0.4 is 0 Å². The summed E-state index contributed by atoms with van der Waals surface area (Å²) in [5.74, 6) is 0.352. The Balaban J connectivity index is 1.66. The molecule has 5 nitrogen and oxygen atoms in total. The fraction of sp³-hybridized carbons (Fsp3) is 0.542. The third kappa shape index (κ3) is 4.51. The molecule has 2 fully saturated rings. The zero-order valence-corrected chi connectivity index (χ0v) is 18.7. The molecule has 2 aromatic rings. The van der Waals surface area contributed by atoms with Gasteiger partial charge in [-0.25, -0.2) is 9.97 Å². The fourth-order valence-electron chi connectivity index (χ4n) is 4.60. The molecule has 1 saturated heterocycles. The van der Waals surface area contributed by atoms with Gasteiger partial charge >= 0.3 is 6.18 Å². The van der Waals surface area contributed by atoms with Crippen LogP contribution in [0.4, 0.5) is 13.2 Å². The Hall–Kier alpha value is -2.48. The van der Waals surface area contributed by atoms with E-state index < -0.39 is 11.7 Å². The van der Waals surface area contributed by atoms with Crippen molar-refractivity contribution in [3.63, 3.8) is 0 Å². The lowest BCUT2D eigenvalue weighted by Gasteiger charge is -2.26. The number of carbonyl (C=O) groups excluding carboxylic acids is 1. The first-order valence-corrected chi connectivity index (χ1v) is 11.3. The number of hydrogen-bond acceptors (Lipinski definition) is 4. The molecule has 1 aliphatic heterocycles. The normalized spacial score (nSPS) is 19.1. The van der Waals surface area contributed by atoms with Crippen LogP contribution in [0.1, 0.15) is 66.3 Å². The Kier molecular flexibility index (Phi) is 6.25. The van der Waals surface area contributed by atoms with Crippen LogP contribution in [0.25, 0.3) is 11.4 Å². The number of alkyl halides is 3. The van der Waals surface area contributed by atoms with Crippen LogP contribution in [0.3, 0.4) is 0 Å². The highest BCUT2D eigenvalue weighted by Crippen LogP contribution is 2.42. The summed E-state index contributed by atoms with van der Waals surface area (Å²) in [5.41, 5.74) is 1.32. The summed E-state index contributed by atoms with van der Waals surface area (Å²) in [6.07, 6.45) is -1.63. The Bertz CT molecular complexity index is 999. The molecule has 32 heavy (non-hydrogen) atoms. The molecule has 0 spiro atoms. The van der Waals surface area contributed by atoms with Gasteiger partial charge in [-0.2, -0.15) is 13.2 Å². The van der Waals surface area contributed by atoms with Crippen LogP contribution in [0.5, 0.6) is 0 Å². The van der Waals surface area contributed by atoms with Gasteiger partial charge in [0.2, 0.25) is 0 Å². The maximum atomic E-state index is 13.5. The molecule has 1 aliphatic carbocycles. The molecule has 0 N–H and O–H groups in total. The van der Waals surface area contributed by atoms with Gasteiger partial charge in [-0.15, -0.1) is 0 Å². The van der Waals surface area contributed by atoms with E-state index >= 15 is 0 Å². The summed E-state index contributed by atoms with van der Waals surface area (Å²) in [4.78, 5) is 26.8. The first kappa shape index (κ1) is 22.7. The number of aromatic nitrogens is 2. The van der Waals surface area contributed by atoms with E-state index in [4.69, 9.17) is 0 Å². The average Bonchev–Trinajstić information content (AvgIpc) is 3.50. The van der Waals surface area contributed by atoms with Crippen LogP contribution in [-0.4, -0.2) is 57.9 Å². The molecule has 0 radical (unpaired) electrons. The van der Waals surface area contributed by atoms with Gasteiger partial charge < -0.3 is 4.90 Å². The average molecular weight is 447 g/mol. The van der Waals surface area contributed by atoms with Gasteiger partial charge in [0.05, 0.1) is 22.5 Å². The Labute approximate surface area is 186 Å². The van der Waals surface area contributed by atoms with Crippen molar-refractivity contribution in [2.45, 2.75) is 58.2 Å². The van der Waals surface area contributed by atoms with E-state index in [2.05, 4.69) is 28.7 Å². The number of amides is 1. The zero-order valence-electron chi connectivity index (χ0n) is 18.7. The second kappa shape index (κ2) is 8.81. The van der Waals surface area contributed by atoms with Crippen molar-refractivity contribution < 1.29 is 18.0 Å². The van der Waals surface area contributed by atoms with Crippen LogP contribution in [0.2, 0.25) is 0 Å². The Morgan fingerprint density at radius 1 is 1.16 bits per heavy atom. The molecule has 172 valence electrons. The van der Waals surface area contributed by atoms with Gasteiger partial charge in [0.25, 0.3) is 5.91 Å². The molecular formula is C24H29F3N4O. The molecular weight excluding hydrogens is 417 g/mol. The predicted octanol–water partition coefficient (Wildman–Crippen LogP) is 4.90. The Morgan fingerprint density at radius 3 is 2.50 bits per heavy atom. The maximum absolute atomic E-state index is 13.5. The number of benzene rings is 1. The highest BCUT2D eigenvalue weighted by Gasteiger charge is 2.37. The van der Waals surface area contributed by atoms with Gasteiger partial charge in [-0.3, -0.25) is 9.69 Å². The van der Waals surface area contributed by atoms with E-state index in [0.717, 1.165) is 44.5 Å². The minimum atomic E-state index is -4.43. The first-order chi connectivity index (χ1) is 15.2. The molecule has 8 heteroatoms. The van der Waals surface area contributed by atoms with Crippen molar-refractivity contribution in [1.29, 1.82) is 0 Å². The van der Waals surface area contributed by atoms with E-state index in [-0.39, 0.29) is 17.6 Å². The van der Waals surface area contributed by atoms with Gasteiger partial charge in [-0.05, 0) is 51.4 Å². The Morgan fingerprint density at radius 2 is 1.88 bits per heavy atom. The van der Waals surface area contributed by atoms with Crippen LogP contribution in [-0.2, 0) is 6.18 Å². The summed E-state index contributed by atoms with van der Waals surface area (Å²) in [6.45, 7) is 9.29. The summed E-state index contributed by atoms with van der Waals surface area (Å²) in [5, 5.41) is 0. The first-order valence-electron chi connectivity index (χ1n) is 11.3. The SMILES string of the molecule is CCN(CC)C1CCN(C(=O)c2c(C)nc(-c3cccc(C(F)(F)F)c3)nc2C2CC2)C1. The van der Waals surface area contributed by atoms with Crippen molar-refractivity contribution in [3.8, 4) is 11.4 Å². The topological polar surface area (TPSA) is 49.3 Å². The standard InChI is InChI=1S/C24H29F3N4O/c1-4-30(5-2)19-11-12-31(14-19)23(32)20-15(3)28-22(29-21(20)16-9-10-16)17-7-6-8-18(13-17)24(25,26)27/h6-8,13,16,19H,4-5,9-12,14H2,1-3H3. The van der Waals surface area contributed by atoms with E-state index in [1.54, 1.807) is 13.0 Å². The number of likely N-dealkylation sites (N-methyl/N-ethyl adjacent to an activating group) is 1. The largest absolute Gasteiger partial charge is 0.416 e. The number of rotatable bonds is 6. The van der Waals surface area contributed by atoms with Crippen molar-refractivity contribution >= 4 is 5.91 Å². The minimum Gasteiger partial charge on any atom is -0.337 e. The maximum Gasteiger partial charge on any atom is 0.416 e. The molecule has 1 atom stereocenters. The lowest BCUT2D eigenvalue weighted by Crippen LogP contribution is -2.39. The second-order valence-corrected chi connectivity index (χ2v) is 8.66. The van der Waals surface area contributed by atoms with Crippen molar-refractivity contribution in [2.75, 3.05) is 26.2 Å². The highest BCUT2D eigenvalue weighted by molar-refractivity contribution is 5.97. The molecule has 1 unspecified atom stereocenters. The third-order valence-corrected chi connectivity index (χ3v) is 6.52. The van der Waals surface area contributed by atoms with Gasteiger partial charge in [0, 0.05) is 30.6 Å². The van der Waals surface area contributed by atoms with Crippen molar-refractivity contribution in [2.24, 2.45) is 0 Å². The number of nitrogens with zero attached hydrogens (tertiary/aromatic N) is 4. The van der Waals surface area contributed by atoms with Crippen molar-refractivity contribution in [3.05, 3.63) is 46.8 Å². The molecule has 0 bridgehead atoms. The lowest BCUT2D eigenvalue weighted by molar-refractivity contribution is -0.137. The number of carbonyl (C=O) groups is 1. The van der Waals surface area contributed by atoms with Crippen LogP contribution in [0, 0.1) is 6.92 Å². The second-order valence-electron chi connectivity index (χ2n) is 8.66. The minimum absolute atomic E-state index is 0.0605. The van der Waals surface area contributed by atoms with E-state index in [1.807, 2.05) is 4.90 Å². The lowest BCUT2D eigenvalue weighted by atomic mass is 10.0. The molecule has 2 heterocycles. The number of halogens is 3. The molecule has 4 rings (SSSR count). The predicted molar refractivity (Wildman–Crippen MR) is 116 cm³/mol. The van der Waals surface area contributed by atoms with Gasteiger partial charge in [0.1, 0.15) is 0 Å². The summed E-state index contributed by atoms with van der Waals surface area (Å²) < 4.78 is 39.5. The monoisotopic (exact) mass is 446 g/mol. The number of likely N-dealkylation sites (tertiary alicyclic amines) is 1. The molecule has 1 saturated carbocycles. The van der Waals surface area contributed by atoms with E-state index in [1.165, 1.54) is 6.07 Å². The fourth-order valence-corrected chi connectivity index (χ4v) is 4.60. The van der Waals surface area contributed by atoms with E-state index in [9.17, 15) is 18.0 Å². The van der Waals surface area contributed by atoms with Crippen LogP contribution in [0.15, 0.2) is 24.3 Å². The summed E-state index contributed by atoms with van der Waals surface area (Å²) in [7, 11) is 0. The van der Waals surface area contributed by atoms with Crippen LogP contribution >= 0.6 is 0 Å². The van der Waals surface area contributed by atoms with Crippen molar-refractivity contribution in [1.82, 2.24) is 19.8 Å². The number of aryl methyl sites for hydroxylation is 1. The van der Waals surface area contributed by atoms with Gasteiger partial charge in [-0.1, -0.05) is 26.0 Å². The molecule has 1 aromatic heterocycles. The molecule has 1 aromatic carbocycles. The zero-order chi connectivity index (χ0) is 23.0. The quantitative estimate of drug-likeness (QED) is 0.633. The smallest absolute Gasteiger partial charge is 0.337 e.